The minimum absolute atomic E-state index is 0.0529. The van der Waals surface area contributed by atoms with Gasteiger partial charge in [-0.05, 0) is 36.8 Å². The first-order chi connectivity index (χ1) is 13.0. The van der Waals surface area contributed by atoms with E-state index in [1.165, 1.54) is 16.8 Å². The number of aromatic nitrogens is 2. The first kappa shape index (κ1) is 18.6. The molecule has 3 rings (SSSR count). The molecule has 0 saturated carbocycles. The van der Waals surface area contributed by atoms with Crippen molar-refractivity contribution in [3.05, 3.63) is 80.6 Å². The van der Waals surface area contributed by atoms with Crippen molar-refractivity contribution in [3.8, 4) is 0 Å². The van der Waals surface area contributed by atoms with Crippen LogP contribution < -0.4 is 11.1 Å². The van der Waals surface area contributed by atoms with Crippen molar-refractivity contribution >= 4 is 16.7 Å². The number of rotatable bonds is 6. The van der Waals surface area contributed by atoms with Crippen LogP contribution in [0.5, 0.6) is 0 Å². The molecule has 3 aromatic rings. The number of aryl methyl sites for hydroxylation is 1. The van der Waals surface area contributed by atoms with E-state index in [9.17, 15) is 18.8 Å². The Kier molecular flexibility index (Phi) is 5.49. The number of halogens is 1. The Bertz CT molecular complexity index is 1090. The number of hydrogen-bond donors (Lipinski definition) is 1. The normalized spacial score (nSPS) is 10.9. The summed E-state index contributed by atoms with van der Waals surface area (Å²) in [6.45, 7) is 2.65. The molecular formula is C20H20FN3O3. The number of nitrogens with one attached hydrogen (secondary N) is 1. The lowest BCUT2D eigenvalue weighted by Gasteiger charge is -2.21. The number of fused-ring (bicyclic) bond motifs is 1. The molecule has 140 valence electrons. The fourth-order valence-corrected chi connectivity index (χ4v) is 3.00. The second-order valence-electron chi connectivity index (χ2n) is 6.23. The van der Waals surface area contributed by atoms with E-state index in [1.807, 2.05) is 6.92 Å². The van der Waals surface area contributed by atoms with E-state index in [0.29, 0.717) is 22.9 Å². The van der Waals surface area contributed by atoms with Gasteiger partial charge in [-0.15, -0.1) is 0 Å². The molecule has 27 heavy (non-hydrogen) atoms. The lowest BCUT2D eigenvalue weighted by molar-refractivity contribution is -0.131. The maximum Gasteiger partial charge on any atom is 0.273 e. The average molecular weight is 369 g/mol. The third-order valence-electron chi connectivity index (χ3n) is 4.43. The standard InChI is InChI=1S/C20H20FN3O3/c1-2-23(13-14-6-5-7-15(21)12-14)18(25)10-11-24-20(27)17-9-4-3-8-16(17)19(26)22-24/h3-9,12H,2,10-11,13H2,1H3,(H,22,26). The molecule has 1 N–H and O–H groups in total. The smallest absolute Gasteiger partial charge is 0.273 e. The van der Waals surface area contributed by atoms with E-state index in [4.69, 9.17) is 0 Å². The lowest BCUT2D eigenvalue weighted by atomic mass is 10.2. The Morgan fingerprint density at radius 3 is 2.56 bits per heavy atom. The summed E-state index contributed by atoms with van der Waals surface area (Å²) in [5, 5.41) is 3.16. The fourth-order valence-electron chi connectivity index (χ4n) is 3.00. The second kappa shape index (κ2) is 7.99. The molecular weight excluding hydrogens is 349 g/mol. The van der Waals surface area contributed by atoms with E-state index in [2.05, 4.69) is 5.10 Å². The highest BCUT2D eigenvalue weighted by Crippen LogP contribution is 2.09. The summed E-state index contributed by atoms with van der Waals surface area (Å²) in [6, 6.07) is 12.7. The van der Waals surface area contributed by atoms with Gasteiger partial charge < -0.3 is 4.90 Å². The number of aromatic amines is 1. The van der Waals surface area contributed by atoms with Gasteiger partial charge in [0.1, 0.15) is 5.82 Å². The Morgan fingerprint density at radius 1 is 1.11 bits per heavy atom. The Hall–Kier alpha value is -3.22. The molecule has 0 bridgehead atoms. The summed E-state index contributed by atoms with van der Waals surface area (Å²) in [5.41, 5.74) is -0.0163. The summed E-state index contributed by atoms with van der Waals surface area (Å²) < 4.78 is 14.5. The third kappa shape index (κ3) is 4.13. The molecule has 0 spiro atoms. The van der Waals surface area contributed by atoms with Crippen molar-refractivity contribution < 1.29 is 9.18 Å². The first-order valence-electron chi connectivity index (χ1n) is 8.73. The van der Waals surface area contributed by atoms with Gasteiger partial charge in [0.25, 0.3) is 11.1 Å². The van der Waals surface area contributed by atoms with Crippen LogP contribution in [0.3, 0.4) is 0 Å². The molecule has 6 nitrogen and oxygen atoms in total. The lowest BCUT2D eigenvalue weighted by Crippen LogP contribution is -2.34. The van der Waals surface area contributed by atoms with Crippen LogP contribution in [0.4, 0.5) is 4.39 Å². The zero-order valence-electron chi connectivity index (χ0n) is 14.9. The largest absolute Gasteiger partial charge is 0.339 e. The molecule has 0 saturated heterocycles. The molecule has 0 aliphatic rings. The van der Waals surface area contributed by atoms with Crippen molar-refractivity contribution in [3.63, 3.8) is 0 Å². The van der Waals surface area contributed by atoms with Gasteiger partial charge in [0.2, 0.25) is 5.91 Å². The minimum atomic E-state index is -0.371. The van der Waals surface area contributed by atoms with Gasteiger partial charge >= 0.3 is 0 Å². The van der Waals surface area contributed by atoms with Gasteiger partial charge in [0.15, 0.2) is 0 Å². The third-order valence-corrected chi connectivity index (χ3v) is 4.43. The minimum Gasteiger partial charge on any atom is -0.339 e. The highest BCUT2D eigenvalue weighted by atomic mass is 19.1. The second-order valence-corrected chi connectivity index (χ2v) is 6.23. The van der Waals surface area contributed by atoms with Gasteiger partial charge in [-0.25, -0.2) is 9.07 Å². The van der Waals surface area contributed by atoms with E-state index in [1.54, 1.807) is 41.3 Å². The van der Waals surface area contributed by atoms with Crippen LogP contribution in [0.15, 0.2) is 58.1 Å². The number of H-pyrrole nitrogens is 1. The molecule has 1 amide bonds. The number of benzene rings is 2. The van der Waals surface area contributed by atoms with Crippen molar-refractivity contribution in [2.45, 2.75) is 26.4 Å². The van der Waals surface area contributed by atoms with Crippen LogP contribution in [0, 0.1) is 5.82 Å². The summed E-state index contributed by atoms with van der Waals surface area (Å²) in [7, 11) is 0. The van der Waals surface area contributed by atoms with Gasteiger partial charge in [0.05, 0.1) is 17.3 Å². The van der Waals surface area contributed by atoms with Crippen molar-refractivity contribution in [1.29, 1.82) is 0 Å². The van der Waals surface area contributed by atoms with Crippen molar-refractivity contribution in [1.82, 2.24) is 14.7 Å². The highest BCUT2D eigenvalue weighted by molar-refractivity contribution is 5.80. The molecule has 0 fully saturated rings. The van der Waals surface area contributed by atoms with Crippen LogP contribution in [-0.2, 0) is 17.9 Å². The van der Waals surface area contributed by atoms with Crippen LogP contribution in [0.2, 0.25) is 0 Å². The predicted octanol–water partition coefficient (Wildman–Crippen LogP) is 2.27. The number of amides is 1. The Balaban J connectivity index is 1.74. The quantitative estimate of drug-likeness (QED) is 0.724. The zero-order chi connectivity index (χ0) is 19.4. The summed E-state index contributed by atoms with van der Waals surface area (Å²) in [6.07, 6.45) is 0.0529. The van der Waals surface area contributed by atoms with Gasteiger partial charge in [-0.1, -0.05) is 24.3 Å². The molecule has 7 heteroatoms. The van der Waals surface area contributed by atoms with E-state index in [0.717, 1.165) is 0 Å². The Morgan fingerprint density at radius 2 is 1.85 bits per heavy atom. The van der Waals surface area contributed by atoms with Crippen molar-refractivity contribution in [2.75, 3.05) is 6.54 Å². The monoisotopic (exact) mass is 369 g/mol. The highest BCUT2D eigenvalue weighted by Gasteiger charge is 2.14. The Labute approximate surface area is 154 Å². The number of carbonyl (C=O) groups is 1. The van der Waals surface area contributed by atoms with Crippen LogP contribution in [-0.4, -0.2) is 27.1 Å². The van der Waals surface area contributed by atoms with E-state index >= 15 is 0 Å². The van der Waals surface area contributed by atoms with E-state index in [-0.39, 0.29) is 42.4 Å². The average Bonchev–Trinajstić information content (AvgIpc) is 2.67. The zero-order valence-corrected chi connectivity index (χ0v) is 14.9. The van der Waals surface area contributed by atoms with Gasteiger partial charge in [-0.3, -0.25) is 19.5 Å². The summed E-state index contributed by atoms with van der Waals surface area (Å²) in [5.74, 6) is -0.529. The SMILES string of the molecule is CCN(Cc1cccc(F)c1)C(=O)CCn1[nH]c(=O)c2ccccc2c1=O. The first-order valence-corrected chi connectivity index (χ1v) is 8.73. The topological polar surface area (TPSA) is 75.2 Å². The number of carbonyl (C=O) groups excluding carboxylic acids is 1. The van der Waals surface area contributed by atoms with Crippen LogP contribution >= 0.6 is 0 Å². The number of nitrogens with zero attached hydrogens (tertiary/aromatic N) is 2. The molecule has 0 aliphatic heterocycles. The van der Waals surface area contributed by atoms with Crippen LogP contribution in [0.1, 0.15) is 18.9 Å². The number of hydrogen-bond acceptors (Lipinski definition) is 3. The molecule has 0 atom stereocenters. The molecule has 0 unspecified atom stereocenters. The molecule has 1 heterocycles. The van der Waals surface area contributed by atoms with Crippen LogP contribution in [0.25, 0.3) is 10.8 Å². The maximum atomic E-state index is 13.3. The van der Waals surface area contributed by atoms with Gasteiger partial charge in [-0.2, -0.15) is 0 Å². The predicted molar refractivity (Wildman–Crippen MR) is 101 cm³/mol. The summed E-state index contributed by atoms with van der Waals surface area (Å²) >= 11 is 0. The molecule has 1 aromatic heterocycles. The molecule has 2 aromatic carbocycles. The fraction of sp³-hybridized carbons (Fsp3) is 0.250. The molecule has 0 radical (unpaired) electrons. The van der Waals surface area contributed by atoms with E-state index < -0.39 is 0 Å². The molecule has 0 aliphatic carbocycles. The van der Waals surface area contributed by atoms with Gasteiger partial charge in [0, 0.05) is 19.5 Å². The maximum absolute atomic E-state index is 13.3. The summed E-state index contributed by atoms with van der Waals surface area (Å²) in [4.78, 5) is 38.7. The van der Waals surface area contributed by atoms with Crippen molar-refractivity contribution in [2.24, 2.45) is 0 Å².